The lowest BCUT2D eigenvalue weighted by Crippen LogP contribution is -2.41. The van der Waals surface area contributed by atoms with E-state index in [-0.39, 0.29) is 17.9 Å². The van der Waals surface area contributed by atoms with Gasteiger partial charge in [0, 0.05) is 37.7 Å². The molecule has 2 aliphatic rings. The summed E-state index contributed by atoms with van der Waals surface area (Å²) in [4.78, 5) is 25.7. The summed E-state index contributed by atoms with van der Waals surface area (Å²) in [6, 6.07) is 8.89. The SMILES string of the molecule is N#Cc1cccc(C(=O)N[C@H]2CN(CCC(N)=O)C[C@@H]2C2CC2)c1. The Morgan fingerprint density at radius 2 is 2.12 bits per heavy atom. The molecule has 0 radical (unpaired) electrons. The number of likely N-dealkylation sites (tertiary alicyclic amines) is 1. The van der Waals surface area contributed by atoms with E-state index in [1.54, 1.807) is 24.3 Å². The van der Waals surface area contributed by atoms with Crippen molar-refractivity contribution in [3.05, 3.63) is 35.4 Å². The maximum Gasteiger partial charge on any atom is 0.251 e. The summed E-state index contributed by atoms with van der Waals surface area (Å²) in [6.45, 7) is 2.30. The molecule has 1 heterocycles. The second kappa shape index (κ2) is 7.02. The number of carbonyl (C=O) groups excluding carboxylic acids is 2. The lowest BCUT2D eigenvalue weighted by Gasteiger charge is -2.19. The van der Waals surface area contributed by atoms with Crippen LogP contribution in [0.4, 0.5) is 0 Å². The minimum atomic E-state index is -0.293. The van der Waals surface area contributed by atoms with Gasteiger partial charge >= 0.3 is 0 Å². The minimum Gasteiger partial charge on any atom is -0.370 e. The Bertz CT molecular complexity index is 678. The molecule has 1 saturated carbocycles. The van der Waals surface area contributed by atoms with Gasteiger partial charge in [0.15, 0.2) is 0 Å². The number of nitrogens with one attached hydrogen (secondary N) is 1. The molecule has 3 rings (SSSR count). The van der Waals surface area contributed by atoms with Gasteiger partial charge in [0.1, 0.15) is 0 Å². The summed E-state index contributed by atoms with van der Waals surface area (Å²) in [6.07, 6.45) is 2.78. The number of rotatable bonds is 6. The van der Waals surface area contributed by atoms with Gasteiger partial charge in [-0.2, -0.15) is 5.26 Å². The number of hydrogen-bond acceptors (Lipinski definition) is 4. The Morgan fingerprint density at radius 3 is 2.79 bits per heavy atom. The second-order valence-electron chi connectivity index (χ2n) is 6.75. The molecule has 24 heavy (non-hydrogen) atoms. The fraction of sp³-hybridized carbons (Fsp3) is 0.500. The summed E-state index contributed by atoms with van der Waals surface area (Å²) < 4.78 is 0. The molecule has 0 bridgehead atoms. The highest BCUT2D eigenvalue weighted by atomic mass is 16.2. The average Bonchev–Trinajstić information content (AvgIpc) is 3.34. The van der Waals surface area contributed by atoms with E-state index in [1.165, 1.54) is 12.8 Å². The van der Waals surface area contributed by atoms with Crippen molar-refractivity contribution < 1.29 is 9.59 Å². The van der Waals surface area contributed by atoms with Gasteiger partial charge in [-0.25, -0.2) is 0 Å². The van der Waals surface area contributed by atoms with Crippen molar-refractivity contribution in [3.8, 4) is 6.07 Å². The van der Waals surface area contributed by atoms with Gasteiger partial charge in [-0.3, -0.25) is 9.59 Å². The van der Waals surface area contributed by atoms with Gasteiger partial charge in [-0.05, 0) is 42.9 Å². The van der Waals surface area contributed by atoms with Crippen LogP contribution in [0.3, 0.4) is 0 Å². The summed E-state index contributed by atoms with van der Waals surface area (Å²) in [5.74, 6) is 0.665. The van der Waals surface area contributed by atoms with Gasteiger partial charge in [0.25, 0.3) is 5.91 Å². The first-order valence-electron chi connectivity index (χ1n) is 8.38. The lowest BCUT2D eigenvalue weighted by molar-refractivity contribution is -0.118. The first kappa shape index (κ1) is 16.5. The van der Waals surface area contributed by atoms with Crippen LogP contribution in [-0.4, -0.2) is 42.4 Å². The Hall–Kier alpha value is -2.39. The number of benzene rings is 1. The van der Waals surface area contributed by atoms with E-state index in [9.17, 15) is 9.59 Å². The maximum atomic E-state index is 12.5. The zero-order chi connectivity index (χ0) is 17.1. The van der Waals surface area contributed by atoms with Crippen LogP contribution >= 0.6 is 0 Å². The summed E-state index contributed by atoms with van der Waals surface area (Å²) in [7, 11) is 0. The van der Waals surface area contributed by atoms with Crippen molar-refractivity contribution in [3.63, 3.8) is 0 Å². The van der Waals surface area contributed by atoms with E-state index in [4.69, 9.17) is 11.0 Å². The third kappa shape index (κ3) is 3.92. The predicted octanol–water partition coefficient (Wildman–Crippen LogP) is 0.874. The van der Waals surface area contributed by atoms with Gasteiger partial charge in [-0.15, -0.1) is 0 Å². The molecule has 6 nitrogen and oxygen atoms in total. The highest BCUT2D eigenvalue weighted by Crippen LogP contribution is 2.41. The topological polar surface area (TPSA) is 99.2 Å². The Labute approximate surface area is 141 Å². The number of nitriles is 1. The summed E-state index contributed by atoms with van der Waals surface area (Å²) in [5, 5.41) is 12.1. The lowest BCUT2D eigenvalue weighted by atomic mass is 9.97. The number of amides is 2. The van der Waals surface area contributed by atoms with Crippen LogP contribution in [0.25, 0.3) is 0 Å². The maximum absolute atomic E-state index is 12.5. The standard InChI is InChI=1S/C18H22N4O2/c19-9-12-2-1-3-14(8-12)18(24)21-16-11-22(7-6-17(20)23)10-15(16)13-4-5-13/h1-3,8,13,15-16H,4-7,10-11H2,(H2,20,23)(H,21,24)/t15-,16+/m1/s1. The van der Waals surface area contributed by atoms with E-state index >= 15 is 0 Å². The largest absolute Gasteiger partial charge is 0.370 e. The molecule has 1 aliphatic carbocycles. The predicted molar refractivity (Wildman–Crippen MR) is 88.9 cm³/mol. The summed E-state index contributed by atoms with van der Waals surface area (Å²) in [5.41, 5.74) is 6.23. The van der Waals surface area contributed by atoms with Gasteiger partial charge in [0.05, 0.1) is 11.6 Å². The van der Waals surface area contributed by atoms with Crippen molar-refractivity contribution in [2.24, 2.45) is 17.6 Å². The quantitative estimate of drug-likeness (QED) is 0.810. The Morgan fingerprint density at radius 1 is 1.33 bits per heavy atom. The number of carbonyl (C=O) groups is 2. The monoisotopic (exact) mass is 326 g/mol. The van der Waals surface area contributed by atoms with Crippen molar-refractivity contribution in [1.82, 2.24) is 10.2 Å². The van der Waals surface area contributed by atoms with Crippen LogP contribution in [0.1, 0.15) is 35.2 Å². The number of nitrogens with zero attached hydrogens (tertiary/aromatic N) is 2. The molecule has 2 atom stereocenters. The molecule has 1 aromatic carbocycles. The molecule has 6 heteroatoms. The van der Waals surface area contributed by atoms with Crippen molar-refractivity contribution in [1.29, 1.82) is 5.26 Å². The van der Waals surface area contributed by atoms with E-state index < -0.39 is 0 Å². The molecule has 2 fully saturated rings. The van der Waals surface area contributed by atoms with Crippen LogP contribution in [0.2, 0.25) is 0 Å². The van der Waals surface area contributed by atoms with Crippen LogP contribution < -0.4 is 11.1 Å². The Balaban J connectivity index is 1.64. The zero-order valence-corrected chi connectivity index (χ0v) is 13.6. The normalized spacial score (nSPS) is 23.6. The second-order valence-corrected chi connectivity index (χ2v) is 6.75. The van der Waals surface area contributed by atoms with Crippen LogP contribution in [-0.2, 0) is 4.79 Å². The molecule has 0 unspecified atom stereocenters. The van der Waals surface area contributed by atoms with Gasteiger partial charge in [0.2, 0.25) is 5.91 Å². The highest BCUT2D eigenvalue weighted by molar-refractivity contribution is 5.94. The number of primary amides is 1. The zero-order valence-electron chi connectivity index (χ0n) is 13.6. The van der Waals surface area contributed by atoms with E-state index in [1.807, 2.05) is 0 Å². The molecule has 2 amide bonds. The molecule has 0 aromatic heterocycles. The molecule has 1 aliphatic heterocycles. The van der Waals surface area contributed by atoms with Crippen molar-refractivity contribution >= 4 is 11.8 Å². The van der Waals surface area contributed by atoms with Crippen molar-refractivity contribution in [2.75, 3.05) is 19.6 Å². The van der Waals surface area contributed by atoms with E-state index in [2.05, 4.69) is 16.3 Å². The van der Waals surface area contributed by atoms with E-state index in [0.29, 0.717) is 35.9 Å². The van der Waals surface area contributed by atoms with Crippen LogP contribution in [0.5, 0.6) is 0 Å². The number of nitrogens with two attached hydrogens (primary N) is 1. The molecule has 1 aromatic rings. The molecule has 3 N–H and O–H groups in total. The summed E-state index contributed by atoms with van der Waals surface area (Å²) >= 11 is 0. The molecule has 0 spiro atoms. The van der Waals surface area contributed by atoms with Crippen LogP contribution in [0.15, 0.2) is 24.3 Å². The average molecular weight is 326 g/mol. The molecule has 1 saturated heterocycles. The number of hydrogen-bond donors (Lipinski definition) is 2. The van der Waals surface area contributed by atoms with Gasteiger partial charge < -0.3 is 16.0 Å². The molecular weight excluding hydrogens is 304 g/mol. The first-order chi connectivity index (χ1) is 11.6. The van der Waals surface area contributed by atoms with E-state index in [0.717, 1.165) is 13.1 Å². The minimum absolute atomic E-state index is 0.0867. The fourth-order valence-corrected chi connectivity index (χ4v) is 3.50. The molecular formula is C18H22N4O2. The highest BCUT2D eigenvalue weighted by Gasteiger charge is 2.42. The molecule has 126 valence electrons. The van der Waals surface area contributed by atoms with Crippen LogP contribution in [0, 0.1) is 23.2 Å². The van der Waals surface area contributed by atoms with Gasteiger partial charge in [-0.1, -0.05) is 6.07 Å². The Kier molecular flexibility index (Phi) is 4.81. The third-order valence-electron chi connectivity index (χ3n) is 4.91. The van der Waals surface area contributed by atoms with Crippen molar-refractivity contribution in [2.45, 2.75) is 25.3 Å². The fourth-order valence-electron chi connectivity index (χ4n) is 3.50. The third-order valence-corrected chi connectivity index (χ3v) is 4.91. The first-order valence-corrected chi connectivity index (χ1v) is 8.38. The smallest absolute Gasteiger partial charge is 0.251 e.